The molecule has 0 amide bonds. The van der Waals surface area contributed by atoms with E-state index in [2.05, 4.69) is 9.47 Å². The Morgan fingerprint density at radius 2 is 1.09 bits per heavy atom. The van der Waals surface area contributed by atoms with E-state index in [0.29, 0.717) is 12.8 Å². The molecule has 0 aliphatic heterocycles. The van der Waals surface area contributed by atoms with Crippen LogP contribution in [0.5, 0.6) is 0 Å². The smallest absolute Gasteiger partial charge is 0.337 e. The molecule has 0 aromatic carbocycles. The SMILES string of the molecule is CCCCOC(=O)[C@@H](O)[C@@H](O)[C@H](O)[C@H](O)C(=O)OCCCC. The lowest BCUT2D eigenvalue weighted by molar-refractivity contribution is -0.179. The van der Waals surface area contributed by atoms with Crippen molar-refractivity contribution in [3.8, 4) is 0 Å². The second-order valence-electron chi connectivity index (χ2n) is 4.91. The molecule has 0 saturated carbocycles. The van der Waals surface area contributed by atoms with E-state index in [-0.39, 0.29) is 13.2 Å². The van der Waals surface area contributed by atoms with Gasteiger partial charge in [-0.15, -0.1) is 0 Å². The van der Waals surface area contributed by atoms with Crippen LogP contribution in [0.25, 0.3) is 0 Å². The van der Waals surface area contributed by atoms with Gasteiger partial charge in [-0.2, -0.15) is 0 Å². The first-order valence-electron chi connectivity index (χ1n) is 7.42. The van der Waals surface area contributed by atoms with E-state index in [1.54, 1.807) is 0 Å². The third-order valence-corrected chi connectivity index (χ3v) is 2.96. The van der Waals surface area contributed by atoms with Crippen molar-refractivity contribution in [2.45, 2.75) is 63.9 Å². The first-order valence-corrected chi connectivity index (χ1v) is 7.42. The third-order valence-electron chi connectivity index (χ3n) is 2.96. The molecule has 22 heavy (non-hydrogen) atoms. The van der Waals surface area contributed by atoms with Gasteiger partial charge in [-0.05, 0) is 12.8 Å². The summed E-state index contributed by atoms with van der Waals surface area (Å²) in [4.78, 5) is 22.9. The highest BCUT2D eigenvalue weighted by Gasteiger charge is 2.38. The molecule has 0 aromatic rings. The number of carbonyl (C=O) groups is 2. The number of hydrogen-bond acceptors (Lipinski definition) is 8. The molecule has 0 spiro atoms. The zero-order valence-corrected chi connectivity index (χ0v) is 13.0. The maximum Gasteiger partial charge on any atom is 0.337 e. The molecule has 0 rings (SSSR count). The Hall–Kier alpha value is -1.22. The Balaban J connectivity index is 4.39. The zero-order chi connectivity index (χ0) is 17.1. The Kier molecular flexibility index (Phi) is 10.7. The molecule has 4 N–H and O–H groups in total. The van der Waals surface area contributed by atoms with Crippen LogP contribution in [0.2, 0.25) is 0 Å². The molecule has 0 radical (unpaired) electrons. The van der Waals surface area contributed by atoms with Crippen LogP contribution in [-0.2, 0) is 19.1 Å². The van der Waals surface area contributed by atoms with Crippen molar-refractivity contribution in [2.24, 2.45) is 0 Å². The lowest BCUT2D eigenvalue weighted by Crippen LogP contribution is -2.50. The van der Waals surface area contributed by atoms with Crippen LogP contribution < -0.4 is 0 Å². The van der Waals surface area contributed by atoms with Gasteiger partial charge in [0.15, 0.2) is 12.2 Å². The minimum absolute atomic E-state index is 0.0663. The van der Waals surface area contributed by atoms with Crippen LogP contribution in [0.15, 0.2) is 0 Å². The molecule has 0 aromatic heterocycles. The van der Waals surface area contributed by atoms with Crippen LogP contribution in [-0.4, -0.2) is 70.0 Å². The summed E-state index contributed by atoms with van der Waals surface area (Å²) in [5, 5.41) is 38.4. The summed E-state index contributed by atoms with van der Waals surface area (Å²) in [6.45, 7) is 3.89. The molecule has 0 saturated heterocycles. The van der Waals surface area contributed by atoms with Crippen molar-refractivity contribution in [3.05, 3.63) is 0 Å². The van der Waals surface area contributed by atoms with E-state index < -0.39 is 36.4 Å². The van der Waals surface area contributed by atoms with Crippen LogP contribution in [0, 0.1) is 0 Å². The Morgan fingerprint density at radius 3 is 1.36 bits per heavy atom. The van der Waals surface area contributed by atoms with E-state index in [4.69, 9.17) is 0 Å². The lowest BCUT2D eigenvalue weighted by Gasteiger charge is -2.24. The number of unbranched alkanes of at least 4 members (excludes halogenated alkanes) is 2. The van der Waals surface area contributed by atoms with Crippen LogP contribution in [0.1, 0.15) is 39.5 Å². The van der Waals surface area contributed by atoms with Gasteiger partial charge in [-0.3, -0.25) is 0 Å². The predicted octanol–water partition coefficient (Wildman–Crippen LogP) is -0.883. The second-order valence-corrected chi connectivity index (χ2v) is 4.91. The van der Waals surface area contributed by atoms with Crippen molar-refractivity contribution in [1.82, 2.24) is 0 Å². The van der Waals surface area contributed by atoms with Crippen molar-refractivity contribution in [3.63, 3.8) is 0 Å². The molecular formula is C14H26O8. The minimum atomic E-state index is -2.07. The fourth-order valence-electron chi connectivity index (χ4n) is 1.46. The van der Waals surface area contributed by atoms with Crippen molar-refractivity contribution >= 4 is 11.9 Å². The number of aliphatic hydroxyl groups is 4. The van der Waals surface area contributed by atoms with Gasteiger partial charge in [-0.25, -0.2) is 9.59 Å². The summed E-state index contributed by atoms with van der Waals surface area (Å²) >= 11 is 0. The van der Waals surface area contributed by atoms with Crippen molar-refractivity contribution < 1.29 is 39.5 Å². The molecule has 0 unspecified atom stereocenters. The molecular weight excluding hydrogens is 296 g/mol. The fourth-order valence-corrected chi connectivity index (χ4v) is 1.46. The summed E-state index contributed by atoms with van der Waals surface area (Å²) in [5.74, 6) is -2.27. The molecule has 0 heterocycles. The maximum atomic E-state index is 11.4. The summed E-state index contributed by atoms with van der Waals surface area (Å²) in [5.41, 5.74) is 0. The Labute approximate surface area is 129 Å². The average molecular weight is 322 g/mol. The lowest BCUT2D eigenvalue weighted by atomic mass is 10.0. The number of carbonyl (C=O) groups excluding carboxylic acids is 2. The molecule has 0 fully saturated rings. The van der Waals surface area contributed by atoms with Gasteiger partial charge >= 0.3 is 11.9 Å². The van der Waals surface area contributed by atoms with E-state index in [9.17, 15) is 30.0 Å². The van der Waals surface area contributed by atoms with Gasteiger partial charge < -0.3 is 29.9 Å². The molecule has 8 nitrogen and oxygen atoms in total. The predicted molar refractivity (Wildman–Crippen MR) is 75.8 cm³/mol. The molecule has 4 atom stereocenters. The Bertz CT molecular complexity index is 301. The average Bonchev–Trinajstić information content (AvgIpc) is 2.52. The molecule has 0 bridgehead atoms. The van der Waals surface area contributed by atoms with Crippen molar-refractivity contribution in [1.29, 1.82) is 0 Å². The molecule has 0 aliphatic carbocycles. The van der Waals surface area contributed by atoms with Gasteiger partial charge in [-0.1, -0.05) is 26.7 Å². The summed E-state index contributed by atoms with van der Waals surface area (Å²) in [6.07, 6.45) is -5.54. The highest BCUT2D eigenvalue weighted by atomic mass is 16.6. The van der Waals surface area contributed by atoms with E-state index >= 15 is 0 Å². The quantitative estimate of drug-likeness (QED) is 0.284. The maximum absolute atomic E-state index is 11.4. The third kappa shape index (κ3) is 7.17. The topological polar surface area (TPSA) is 134 Å². The second kappa shape index (κ2) is 11.4. The van der Waals surface area contributed by atoms with Gasteiger partial charge in [0.2, 0.25) is 0 Å². The van der Waals surface area contributed by atoms with Gasteiger partial charge in [0, 0.05) is 0 Å². The standard InChI is InChI=1S/C14H26O8/c1-3-5-7-21-13(19)11(17)9(15)10(16)12(18)14(20)22-8-6-4-2/h9-12,15-18H,3-8H2,1-2H3/t9-,10-,11-,12-/m0/s1. The number of aliphatic hydroxyl groups excluding tert-OH is 4. The van der Waals surface area contributed by atoms with E-state index in [0.717, 1.165) is 12.8 Å². The number of esters is 2. The van der Waals surface area contributed by atoms with E-state index in [1.165, 1.54) is 0 Å². The highest BCUT2D eigenvalue weighted by Crippen LogP contribution is 2.09. The van der Waals surface area contributed by atoms with Crippen LogP contribution in [0.4, 0.5) is 0 Å². The summed E-state index contributed by atoms with van der Waals surface area (Å²) in [6, 6.07) is 0. The largest absolute Gasteiger partial charge is 0.464 e. The van der Waals surface area contributed by atoms with Gasteiger partial charge in [0.25, 0.3) is 0 Å². The number of hydrogen-bond donors (Lipinski definition) is 4. The molecule has 130 valence electrons. The van der Waals surface area contributed by atoms with Gasteiger partial charge in [0.1, 0.15) is 12.2 Å². The van der Waals surface area contributed by atoms with E-state index in [1.807, 2.05) is 13.8 Å². The van der Waals surface area contributed by atoms with Gasteiger partial charge in [0.05, 0.1) is 13.2 Å². The minimum Gasteiger partial charge on any atom is -0.464 e. The highest BCUT2D eigenvalue weighted by molar-refractivity contribution is 5.77. The molecule has 0 aliphatic rings. The monoisotopic (exact) mass is 322 g/mol. The fraction of sp³-hybridized carbons (Fsp3) is 0.857. The van der Waals surface area contributed by atoms with Crippen LogP contribution >= 0.6 is 0 Å². The summed E-state index contributed by atoms with van der Waals surface area (Å²) < 4.78 is 9.35. The number of ether oxygens (including phenoxy) is 2. The first-order chi connectivity index (χ1) is 10.4. The van der Waals surface area contributed by atoms with Crippen molar-refractivity contribution in [2.75, 3.05) is 13.2 Å². The zero-order valence-electron chi connectivity index (χ0n) is 13.0. The summed E-state index contributed by atoms with van der Waals surface area (Å²) in [7, 11) is 0. The normalized spacial score (nSPS) is 16.5. The first kappa shape index (κ1) is 20.8. The molecule has 8 heteroatoms. The number of rotatable bonds is 11. The van der Waals surface area contributed by atoms with Crippen LogP contribution in [0.3, 0.4) is 0 Å². The Morgan fingerprint density at radius 1 is 0.773 bits per heavy atom.